The third-order valence-corrected chi connectivity index (χ3v) is 3.73. The van der Waals surface area contributed by atoms with E-state index in [-0.39, 0.29) is 11.7 Å². The molecular formula is C17H34N2O3. The first-order chi connectivity index (χ1) is 10.1. The highest BCUT2D eigenvalue weighted by Gasteiger charge is 2.26. The van der Waals surface area contributed by atoms with Crippen molar-refractivity contribution in [1.82, 2.24) is 10.2 Å². The zero-order chi connectivity index (χ0) is 16.8. The number of hydrogen-bond acceptors (Lipinski definition) is 4. The maximum atomic E-state index is 12.1. The molecule has 1 saturated heterocycles. The Bertz CT molecular complexity index is 350. The predicted octanol–water partition coefficient (Wildman–Crippen LogP) is 3.18. The number of amides is 1. The van der Waals surface area contributed by atoms with Crippen molar-refractivity contribution in [3.63, 3.8) is 0 Å². The summed E-state index contributed by atoms with van der Waals surface area (Å²) in [6, 6.07) is 0.437. The fraction of sp³-hybridized carbons (Fsp3) is 0.941. The van der Waals surface area contributed by atoms with Gasteiger partial charge >= 0.3 is 6.09 Å². The maximum absolute atomic E-state index is 12.1. The Labute approximate surface area is 135 Å². The molecule has 0 bridgehead atoms. The lowest BCUT2D eigenvalue weighted by atomic mass is 10.1. The van der Waals surface area contributed by atoms with Crippen LogP contribution in [0.1, 0.15) is 60.8 Å². The van der Waals surface area contributed by atoms with Crippen LogP contribution in [0, 0.1) is 0 Å². The van der Waals surface area contributed by atoms with E-state index in [1.807, 2.05) is 32.6 Å². The monoisotopic (exact) mass is 314 g/mol. The van der Waals surface area contributed by atoms with Crippen molar-refractivity contribution in [2.75, 3.05) is 26.2 Å². The van der Waals surface area contributed by atoms with E-state index in [0.717, 1.165) is 45.5 Å². The van der Waals surface area contributed by atoms with Gasteiger partial charge in [0.1, 0.15) is 5.60 Å². The number of likely N-dealkylation sites (tertiary alicyclic amines) is 1. The molecule has 1 unspecified atom stereocenters. The summed E-state index contributed by atoms with van der Waals surface area (Å²) in [7, 11) is 0. The average molecular weight is 314 g/mol. The van der Waals surface area contributed by atoms with Gasteiger partial charge in [-0.3, -0.25) is 0 Å². The van der Waals surface area contributed by atoms with Crippen molar-refractivity contribution in [1.29, 1.82) is 0 Å². The van der Waals surface area contributed by atoms with E-state index in [4.69, 9.17) is 9.47 Å². The van der Waals surface area contributed by atoms with Gasteiger partial charge in [0.2, 0.25) is 0 Å². The van der Waals surface area contributed by atoms with E-state index < -0.39 is 5.60 Å². The molecule has 0 aromatic rings. The van der Waals surface area contributed by atoms with Gasteiger partial charge in [0.05, 0.1) is 5.60 Å². The quantitative estimate of drug-likeness (QED) is 0.847. The van der Waals surface area contributed by atoms with Crippen molar-refractivity contribution in [2.24, 2.45) is 0 Å². The molecule has 1 rings (SSSR count). The van der Waals surface area contributed by atoms with Gasteiger partial charge in [0.15, 0.2) is 0 Å². The number of ether oxygens (including phenoxy) is 2. The van der Waals surface area contributed by atoms with E-state index in [9.17, 15) is 4.79 Å². The zero-order valence-corrected chi connectivity index (χ0v) is 15.2. The molecule has 5 heteroatoms. The Balaban J connectivity index is 2.41. The molecule has 0 aromatic carbocycles. The molecule has 1 amide bonds. The number of carbonyl (C=O) groups is 1. The van der Waals surface area contributed by atoms with E-state index in [1.54, 1.807) is 0 Å². The first-order valence-corrected chi connectivity index (χ1v) is 8.48. The molecule has 0 radical (unpaired) electrons. The van der Waals surface area contributed by atoms with Crippen molar-refractivity contribution < 1.29 is 14.3 Å². The second-order valence-corrected chi connectivity index (χ2v) is 7.67. The lowest BCUT2D eigenvalue weighted by Crippen LogP contribution is -2.43. The first-order valence-electron chi connectivity index (χ1n) is 8.48. The first kappa shape index (κ1) is 19.2. The summed E-state index contributed by atoms with van der Waals surface area (Å²) in [6.07, 6.45) is 2.86. The number of hydrogen-bond donors (Lipinski definition) is 1. The van der Waals surface area contributed by atoms with Crippen LogP contribution in [-0.4, -0.2) is 54.5 Å². The molecule has 5 nitrogen and oxygen atoms in total. The predicted molar refractivity (Wildman–Crippen MR) is 89.2 cm³/mol. The van der Waals surface area contributed by atoms with Crippen LogP contribution < -0.4 is 5.32 Å². The SMILES string of the molecule is CCOC(C)(C)CNC1CCCN(C(=O)OC(C)(C)C)CC1. The van der Waals surface area contributed by atoms with E-state index >= 15 is 0 Å². The third kappa shape index (κ3) is 7.45. The Morgan fingerprint density at radius 3 is 2.45 bits per heavy atom. The van der Waals surface area contributed by atoms with Gasteiger partial charge in [-0.15, -0.1) is 0 Å². The van der Waals surface area contributed by atoms with Crippen molar-refractivity contribution in [3.8, 4) is 0 Å². The highest BCUT2D eigenvalue weighted by Crippen LogP contribution is 2.16. The second-order valence-electron chi connectivity index (χ2n) is 7.67. The Hall–Kier alpha value is -0.810. The Morgan fingerprint density at radius 2 is 1.86 bits per heavy atom. The summed E-state index contributed by atoms with van der Waals surface area (Å²) in [5, 5.41) is 3.59. The Morgan fingerprint density at radius 1 is 1.18 bits per heavy atom. The van der Waals surface area contributed by atoms with E-state index in [1.165, 1.54) is 0 Å². The molecule has 22 heavy (non-hydrogen) atoms. The summed E-state index contributed by atoms with van der Waals surface area (Å²) < 4.78 is 11.2. The summed E-state index contributed by atoms with van der Waals surface area (Å²) in [6.45, 7) is 15.0. The number of carbonyl (C=O) groups excluding carboxylic acids is 1. The molecule has 1 fully saturated rings. The van der Waals surface area contributed by atoms with Gasteiger partial charge in [0.25, 0.3) is 0 Å². The topological polar surface area (TPSA) is 50.8 Å². The fourth-order valence-electron chi connectivity index (χ4n) is 2.64. The van der Waals surface area contributed by atoms with Gasteiger partial charge in [-0.05, 0) is 60.8 Å². The molecule has 0 saturated carbocycles. The second kappa shape index (κ2) is 8.16. The van der Waals surface area contributed by atoms with Crippen LogP contribution in [0.15, 0.2) is 0 Å². The summed E-state index contributed by atoms with van der Waals surface area (Å²) in [4.78, 5) is 14.0. The number of rotatable bonds is 5. The van der Waals surface area contributed by atoms with Crippen molar-refractivity contribution in [3.05, 3.63) is 0 Å². The molecule has 0 spiro atoms. The minimum absolute atomic E-state index is 0.147. The fourth-order valence-corrected chi connectivity index (χ4v) is 2.64. The summed E-state index contributed by atoms with van der Waals surface area (Å²) in [5.74, 6) is 0. The van der Waals surface area contributed by atoms with Crippen LogP contribution >= 0.6 is 0 Å². The normalized spacial score (nSPS) is 20.6. The van der Waals surface area contributed by atoms with Gasteiger partial charge < -0.3 is 19.7 Å². The smallest absolute Gasteiger partial charge is 0.410 e. The van der Waals surface area contributed by atoms with Gasteiger partial charge in [-0.2, -0.15) is 0 Å². The number of nitrogens with zero attached hydrogens (tertiary/aromatic N) is 1. The molecule has 1 N–H and O–H groups in total. The van der Waals surface area contributed by atoms with Crippen LogP contribution in [0.3, 0.4) is 0 Å². The molecule has 130 valence electrons. The summed E-state index contributed by atoms with van der Waals surface area (Å²) >= 11 is 0. The standard InChI is InChI=1S/C17H34N2O3/c1-7-21-17(5,6)13-18-14-9-8-11-19(12-10-14)15(20)22-16(2,3)4/h14,18H,7-13H2,1-6H3. The summed E-state index contributed by atoms with van der Waals surface area (Å²) in [5.41, 5.74) is -0.575. The largest absolute Gasteiger partial charge is 0.444 e. The highest BCUT2D eigenvalue weighted by molar-refractivity contribution is 5.68. The average Bonchev–Trinajstić information content (AvgIpc) is 2.60. The molecule has 1 heterocycles. The minimum atomic E-state index is -0.428. The van der Waals surface area contributed by atoms with E-state index in [0.29, 0.717) is 6.04 Å². The van der Waals surface area contributed by atoms with E-state index in [2.05, 4.69) is 19.2 Å². The number of nitrogens with one attached hydrogen (secondary N) is 1. The van der Waals surface area contributed by atoms with Crippen molar-refractivity contribution >= 4 is 6.09 Å². The molecular weight excluding hydrogens is 280 g/mol. The zero-order valence-electron chi connectivity index (χ0n) is 15.2. The maximum Gasteiger partial charge on any atom is 0.410 e. The third-order valence-electron chi connectivity index (χ3n) is 3.73. The highest BCUT2D eigenvalue weighted by atomic mass is 16.6. The van der Waals surface area contributed by atoms with Crippen LogP contribution in [-0.2, 0) is 9.47 Å². The molecule has 0 aromatic heterocycles. The molecule has 1 atom stereocenters. The Kier molecular flexibility index (Phi) is 7.13. The minimum Gasteiger partial charge on any atom is -0.444 e. The van der Waals surface area contributed by atoms with Gasteiger partial charge in [-0.1, -0.05) is 0 Å². The lowest BCUT2D eigenvalue weighted by Gasteiger charge is -2.28. The van der Waals surface area contributed by atoms with Crippen LogP contribution in [0.25, 0.3) is 0 Å². The molecule has 1 aliphatic heterocycles. The van der Waals surface area contributed by atoms with Crippen LogP contribution in [0.2, 0.25) is 0 Å². The molecule has 0 aliphatic carbocycles. The van der Waals surface area contributed by atoms with Crippen molar-refractivity contribution in [2.45, 2.75) is 78.0 Å². The van der Waals surface area contributed by atoms with Crippen LogP contribution in [0.5, 0.6) is 0 Å². The molecule has 1 aliphatic rings. The van der Waals surface area contributed by atoms with Crippen LogP contribution in [0.4, 0.5) is 4.79 Å². The van der Waals surface area contributed by atoms with Gasteiger partial charge in [0, 0.05) is 32.3 Å². The lowest BCUT2D eigenvalue weighted by molar-refractivity contribution is -0.0109. The van der Waals surface area contributed by atoms with Gasteiger partial charge in [-0.25, -0.2) is 4.79 Å².